The Balaban J connectivity index is 0.000000281. The van der Waals surface area contributed by atoms with Crippen molar-refractivity contribution in [1.82, 2.24) is 19.5 Å². The number of fused-ring (bicyclic) bond motifs is 4. The van der Waals surface area contributed by atoms with Gasteiger partial charge in [-0.25, -0.2) is 0 Å². The number of nitrogens with zero attached hydrogens (tertiary/aromatic N) is 4. The van der Waals surface area contributed by atoms with E-state index in [2.05, 4.69) is 196 Å². The molecule has 0 bridgehead atoms. The number of pyridine rings is 2. The van der Waals surface area contributed by atoms with E-state index in [1.165, 1.54) is 21.9 Å². The molecule has 7 heteroatoms. The largest absolute Gasteiger partial charge is 0.501 e. The van der Waals surface area contributed by atoms with Gasteiger partial charge in [-0.2, -0.15) is 0 Å². The van der Waals surface area contributed by atoms with E-state index in [9.17, 15) is 0 Å². The standard InChI is InChI=1S/C46H34N3O.C14H16NSi.Ir/c1-46(2,3)44-42-40(27-28-47-44)48-45(49(42)36-24-21-33(22-25-36)31-13-8-5-9-14-31)39-16-10-15-38-37-26-23-35(29-41(37)50-43(38)39)34-19-17-32(18-20-34)30-11-6-4-7-12-30;1-16(2,3)13-9-10-14(15-11-13)12-7-5-4-6-8-12;/h4-15,17-29H,1-3H3;4-7,9-11H,1-3H3;/q2*-1;. The fourth-order valence-corrected chi connectivity index (χ4v) is 9.58. The Bertz CT molecular complexity index is 3440. The van der Waals surface area contributed by atoms with Crippen molar-refractivity contribution in [3.63, 3.8) is 0 Å². The second kappa shape index (κ2) is 18.7. The molecular formula is C60H50IrN4OSi-2. The first kappa shape index (κ1) is 45.1. The van der Waals surface area contributed by atoms with Crippen molar-refractivity contribution < 1.29 is 24.5 Å². The molecule has 0 fully saturated rings. The average molecular weight is 1060 g/mol. The van der Waals surface area contributed by atoms with Gasteiger partial charge in [0, 0.05) is 49.0 Å². The van der Waals surface area contributed by atoms with E-state index in [1.54, 1.807) is 0 Å². The van der Waals surface area contributed by atoms with Gasteiger partial charge < -0.3 is 14.0 Å². The normalized spacial score (nSPS) is 11.6. The third kappa shape index (κ3) is 9.24. The summed E-state index contributed by atoms with van der Waals surface area (Å²) in [5.74, 6) is 0.771. The zero-order chi connectivity index (χ0) is 45.4. The number of aromatic nitrogens is 4. The molecule has 0 unspecified atom stereocenters. The molecule has 67 heavy (non-hydrogen) atoms. The molecule has 0 saturated carbocycles. The number of imidazole rings is 1. The maximum Gasteiger partial charge on any atom is 0.121 e. The van der Waals surface area contributed by atoms with Gasteiger partial charge in [-0.1, -0.05) is 173 Å². The van der Waals surface area contributed by atoms with Crippen LogP contribution in [0, 0.1) is 12.1 Å². The molecule has 11 rings (SSSR count). The minimum atomic E-state index is -1.23. The van der Waals surface area contributed by atoms with Crippen molar-refractivity contribution in [2.24, 2.45) is 0 Å². The smallest absolute Gasteiger partial charge is 0.121 e. The van der Waals surface area contributed by atoms with Gasteiger partial charge in [0.15, 0.2) is 0 Å². The van der Waals surface area contributed by atoms with E-state index in [4.69, 9.17) is 14.4 Å². The SMILES string of the molecule is CC(C)(C)c1nccc2nc(-c3[c-]ccc4c3oc3cc(-c5ccc(-c6ccccc6)cc5)ccc34)n(-c3ccc(-c4ccccc4)cc3)c12.C[Si](C)(C)c1ccc(-c2[c-]cccc2)nc1.[Ir]. The second-order valence-corrected chi connectivity index (χ2v) is 23.8. The summed E-state index contributed by atoms with van der Waals surface area (Å²) < 4.78 is 8.99. The average Bonchev–Trinajstić information content (AvgIpc) is 3.93. The van der Waals surface area contributed by atoms with Crippen LogP contribution in [0.1, 0.15) is 26.5 Å². The van der Waals surface area contributed by atoms with Crippen molar-refractivity contribution in [2.75, 3.05) is 0 Å². The Morgan fingerprint density at radius 2 is 1.18 bits per heavy atom. The molecule has 0 aliphatic carbocycles. The summed E-state index contributed by atoms with van der Waals surface area (Å²) in [4.78, 5) is 14.7. The second-order valence-electron chi connectivity index (χ2n) is 18.8. The van der Waals surface area contributed by atoms with Crippen LogP contribution in [0.2, 0.25) is 19.6 Å². The zero-order valence-electron chi connectivity index (χ0n) is 38.5. The first-order chi connectivity index (χ1) is 32.0. The van der Waals surface area contributed by atoms with Crippen molar-refractivity contribution in [2.45, 2.75) is 45.8 Å². The maximum absolute atomic E-state index is 6.75. The van der Waals surface area contributed by atoms with Crippen molar-refractivity contribution in [3.8, 4) is 61.7 Å². The summed E-state index contributed by atoms with van der Waals surface area (Å²) in [5.41, 5.74) is 15.1. The minimum Gasteiger partial charge on any atom is -0.501 e. The molecule has 1 radical (unpaired) electrons. The number of furan rings is 1. The summed E-state index contributed by atoms with van der Waals surface area (Å²) in [6.45, 7) is 13.6. The van der Waals surface area contributed by atoms with Gasteiger partial charge in [-0.15, -0.1) is 54.1 Å². The summed E-state index contributed by atoms with van der Waals surface area (Å²) in [6, 6.07) is 69.8. The Labute approximate surface area is 407 Å². The summed E-state index contributed by atoms with van der Waals surface area (Å²) in [6.07, 6.45) is 3.88. The monoisotopic (exact) mass is 1060 g/mol. The number of hydrogen-bond acceptors (Lipinski definition) is 4. The Morgan fingerprint density at radius 1 is 0.567 bits per heavy atom. The van der Waals surface area contributed by atoms with Crippen LogP contribution in [0.3, 0.4) is 0 Å². The molecular weight excluding hydrogens is 1010 g/mol. The van der Waals surface area contributed by atoms with Crippen molar-refractivity contribution >= 4 is 46.2 Å². The van der Waals surface area contributed by atoms with Gasteiger partial charge in [0.05, 0.1) is 36.2 Å². The molecule has 5 nitrogen and oxygen atoms in total. The first-order valence-electron chi connectivity index (χ1n) is 22.5. The minimum absolute atomic E-state index is 0. The van der Waals surface area contributed by atoms with Gasteiger partial charge >= 0.3 is 0 Å². The van der Waals surface area contributed by atoms with Crippen molar-refractivity contribution in [1.29, 1.82) is 0 Å². The number of hydrogen-bond donors (Lipinski definition) is 0. The molecule has 0 saturated heterocycles. The number of rotatable bonds is 7. The molecule has 11 aromatic rings. The van der Waals surface area contributed by atoms with E-state index in [-0.39, 0.29) is 25.5 Å². The molecule has 4 heterocycles. The van der Waals surface area contributed by atoms with E-state index >= 15 is 0 Å². The Kier molecular flexibility index (Phi) is 12.6. The van der Waals surface area contributed by atoms with Crippen LogP contribution in [0.25, 0.3) is 94.7 Å². The van der Waals surface area contributed by atoms with Gasteiger partial charge in [-0.3, -0.25) is 9.97 Å². The van der Waals surface area contributed by atoms with Gasteiger partial charge in [-0.05, 0) is 68.5 Å². The van der Waals surface area contributed by atoms with E-state index in [0.29, 0.717) is 0 Å². The summed E-state index contributed by atoms with van der Waals surface area (Å²) in [5, 5.41) is 3.49. The first-order valence-corrected chi connectivity index (χ1v) is 26.0. The fourth-order valence-electron chi connectivity index (χ4n) is 8.55. The number of benzene rings is 7. The van der Waals surface area contributed by atoms with E-state index < -0.39 is 8.07 Å². The maximum atomic E-state index is 6.75. The Hall–Kier alpha value is -7.02. The van der Waals surface area contributed by atoms with Crippen LogP contribution in [-0.2, 0) is 25.5 Å². The van der Waals surface area contributed by atoms with Crippen LogP contribution in [-0.4, -0.2) is 27.6 Å². The van der Waals surface area contributed by atoms with Gasteiger partial charge in [0.25, 0.3) is 0 Å². The molecule has 0 N–H and O–H groups in total. The predicted octanol–water partition coefficient (Wildman–Crippen LogP) is 15.2. The fraction of sp³-hybridized carbons (Fsp3) is 0.117. The topological polar surface area (TPSA) is 56.7 Å². The van der Waals surface area contributed by atoms with Crippen LogP contribution in [0.15, 0.2) is 199 Å². The molecule has 0 spiro atoms. The summed E-state index contributed by atoms with van der Waals surface area (Å²) in [7, 11) is -1.23. The van der Waals surface area contributed by atoms with Crippen LogP contribution in [0.5, 0.6) is 0 Å². The van der Waals surface area contributed by atoms with Crippen LogP contribution >= 0.6 is 0 Å². The van der Waals surface area contributed by atoms with Crippen molar-refractivity contribution in [3.05, 3.63) is 212 Å². The molecule has 0 aliphatic heterocycles. The zero-order valence-corrected chi connectivity index (χ0v) is 41.9. The van der Waals surface area contributed by atoms with Gasteiger partial charge in [0.2, 0.25) is 0 Å². The van der Waals surface area contributed by atoms with Crippen LogP contribution < -0.4 is 5.19 Å². The molecule has 0 atom stereocenters. The van der Waals surface area contributed by atoms with Gasteiger partial charge in [0.1, 0.15) is 5.58 Å². The predicted molar refractivity (Wildman–Crippen MR) is 277 cm³/mol. The van der Waals surface area contributed by atoms with Crippen LogP contribution in [0.4, 0.5) is 0 Å². The molecule has 0 amide bonds. The molecule has 7 aromatic carbocycles. The summed E-state index contributed by atoms with van der Waals surface area (Å²) >= 11 is 0. The molecule has 331 valence electrons. The molecule has 0 aliphatic rings. The third-order valence-corrected chi connectivity index (χ3v) is 14.1. The Morgan fingerprint density at radius 3 is 1.78 bits per heavy atom. The quantitative estimate of drug-likeness (QED) is 0.118. The third-order valence-electron chi connectivity index (χ3n) is 12.1. The molecule has 4 aromatic heterocycles. The van der Waals surface area contributed by atoms with E-state index in [1.807, 2.05) is 60.9 Å². The van der Waals surface area contributed by atoms with E-state index in [0.717, 1.165) is 83.7 Å².